The van der Waals surface area contributed by atoms with Crippen LogP contribution in [0.1, 0.15) is 11.1 Å². The fourth-order valence-electron chi connectivity index (χ4n) is 2.53. The van der Waals surface area contributed by atoms with Crippen molar-refractivity contribution in [3.05, 3.63) is 90.1 Å². The van der Waals surface area contributed by atoms with Crippen LogP contribution in [-0.4, -0.2) is 16.1 Å². The van der Waals surface area contributed by atoms with E-state index in [9.17, 15) is 4.79 Å². The van der Waals surface area contributed by atoms with Crippen molar-refractivity contribution in [3.63, 3.8) is 0 Å². The summed E-state index contributed by atoms with van der Waals surface area (Å²) in [4.78, 5) is 15.5. The number of para-hydroxylation sites is 1. The summed E-state index contributed by atoms with van der Waals surface area (Å²) in [6.07, 6.45) is 4.71. The second-order valence-electron chi connectivity index (χ2n) is 5.66. The Balaban J connectivity index is 1.68. The topological polar surface area (TPSA) is 74.2 Å². The Morgan fingerprint density at radius 3 is 2.50 bits per heavy atom. The lowest BCUT2D eigenvalue weighted by Crippen LogP contribution is -2.14. The number of hydrogen-bond acceptors (Lipinski definition) is 4. The molecule has 0 aliphatic rings. The summed E-state index contributed by atoms with van der Waals surface area (Å²) in [5.41, 5.74) is 6.51. The lowest BCUT2D eigenvalue weighted by Gasteiger charge is -2.10. The van der Waals surface area contributed by atoms with Gasteiger partial charge in [-0.05, 0) is 35.4 Å². The lowest BCUT2D eigenvalue weighted by molar-refractivity contribution is -0.124. The number of hydroxylamine groups is 1. The van der Waals surface area contributed by atoms with Crippen LogP contribution in [0.3, 0.4) is 0 Å². The van der Waals surface area contributed by atoms with E-state index in [1.54, 1.807) is 17.8 Å². The zero-order valence-electron chi connectivity index (χ0n) is 14.1. The maximum absolute atomic E-state index is 11.2. The Hall–Kier alpha value is -3.44. The Kier molecular flexibility index (Phi) is 5.75. The molecule has 0 saturated carbocycles. The van der Waals surface area contributed by atoms with Crippen molar-refractivity contribution in [3.8, 4) is 11.3 Å². The molecule has 0 aliphatic heterocycles. The smallest absolute Gasteiger partial charge is 0.267 e. The SMILES string of the molecule is O=C(/C=C/c1ccccc1NCc1ccc(-c2ccccn2)cc1)NO. The van der Waals surface area contributed by atoms with Gasteiger partial charge in [0.25, 0.3) is 5.91 Å². The number of rotatable bonds is 6. The van der Waals surface area contributed by atoms with Crippen LogP contribution >= 0.6 is 0 Å². The van der Waals surface area contributed by atoms with Crippen molar-refractivity contribution in [2.24, 2.45) is 0 Å². The Labute approximate surface area is 152 Å². The molecule has 0 unspecified atom stereocenters. The summed E-state index contributed by atoms with van der Waals surface area (Å²) in [5.74, 6) is -0.565. The van der Waals surface area contributed by atoms with E-state index in [1.807, 2.05) is 42.5 Å². The first kappa shape index (κ1) is 17.4. The van der Waals surface area contributed by atoms with Gasteiger partial charge in [0.05, 0.1) is 5.69 Å². The highest BCUT2D eigenvalue weighted by atomic mass is 16.5. The molecule has 130 valence electrons. The fourth-order valence-corrected chi connectivity index (χ4v) is 2.53. The molecule has 0 radical (unpaired) electrons. The second kappa shape index (κ2) is 8.60. The van der Waals surface area contributed by atoms with Crippen LogP contribution in [0.5, 0.6) is 0 Å². The van der Waals surface area contributed by atoms with Gasteiger partial charge in [-0.1, -0.05) is 48.5 Å². The highest BCUT2D eigenvalue weighted by Gasteiger charge is 2.02. The average molecular weight is 345 g/mol. The highest BCUT2D eigenvalue weighted by Crippen LogP contribution is 2.20. The summed E-state index contributed by atoms with van der Waals surface area (Å²) < 4.78 is 0. The molecule has 5 nitrogen and oxygen atoms in total. The van der Waals surface area contributed by atoms with E-state index in [-0.39, 0.29) is 0 Å². The third-order valence-electron chi connectivity index (χ3n) is 3.88. The van der Waals surface area contributed by atoms with Gasteiger partial charge in [0.1, 0.15) is 0 Å². The minimum absolute atomic E-state index is 0.565. The van der Waals surface area contributed by atoms with Crippen molar-refractivity contribution in [1.29, 1.82) is 0 Å². The van der Waals surface area contributed by atoms with Gasteiger partial charge in [-0.15, -0.1) is 0 Å². The van der Waals surface area contributed by atoms with Gasteiger partial charge in [0, 0.05) is 30.1 Å². The van der Waals surface area contributed by atoms with Crippen LogP contribution in [0.4, 0.5) is 5.69 Å². The number of hydrogen-bond donors (Lipinski definition) is 3. The van der Waals surface area contributed by atoms with E-state index in [0.717, 1.165) is 28.1 Å². The molecule has 0 bridgehead atoms. The van der Waals surface area contributed by atoms with Crippen LogP contribution in [0.15, 0.2) is 79.0 Å². The Morgan fingerprint density at radius 2 is 1.77 bits per heavy atom. The van der Waals surface area contributed by atoms with E-state index in [0.29, 0.717) is 6.54 Å². The minimum atomic E-state index is -0.565. The molecule has 1 amide bonds. The van der Waals surface area contributed by atoms with Gasteiger partial charge in [-0.2, -0.15) is 0 Å². The lowest BCUT2D eigenvalue weighted by atomic mass is 10.1. The van der Waals surface area contributed by atoms with Gasteiger partial charge < -0.3 is 5.32 Å². The summed E-state index contributed by atoms with van der Waals surface area (Å²) >= 11 is 0. The second-order valence-corrected chi connectivity index (χ2v) is 5.66. The predicted octanol–water partition coefficient (Wildman–Crippen LogP) is 3.88. The normalized spacial score (nSPS) is 10.7. The number of carbonyl (C=O) groups is 1. The quantitative estimate of drug-likeness (QED) is 0.360. The molecule has 5 heteroatoms. The molecule has 1 aromatic heterocycles. The van der Waals surface area contributed by atoms with Crippen LogP contribution in [-0.2, 0) is 11.3 Å². The number of carbonyl (C=O) groups excluding carboxylic acids is 1. The van der Waals surface area contributed by atoms with Crippen LogP contribution in [0, 0.1) is 0 Å². The van der Waals surface area contributed by atoms with Crippen molar-refractivity contribution >= 4 is 17.7 Å². The molecule has 3 aromatic rings. The highest BCUT2D eigenvalue weighted by molar-refractivity contribution is 5.91. The summed E-state index contributed by atoms with van der Waals surface area (Å²) in [6.45, 7) is 0.652. The van der Waals surface area contributed by atoms with Crippen molar-refractivity contribution < 1.29 is 10.0 Å². The molecule has 26 heavy (non-hydrogen) atoms. The molecule has 3 rings (SSSR count). The van der Waals surface area contributed by atoms with Crippen LogP contribution in [0.2, 0.25) is 0 Å². The Morgan fingerprint density at radius 1 is 1.00 bits per heavy atom. The van der Waals surface area contributed by atoms with Gasteiger partial charge in [0.2, 0.25) is 0 Å². The monoisotopic (exact) mass is 345 g/mol. The zero-order chi connectivity index (χ0) is 18.2. The van der Waals surface area contributed by atoms with Crippen LogP contribution < -0.4 is 10.8 Å². The number of nitrogens with zero attached hydrogens (tertiary/aromatic N) is 1. The molecule has 0 saturated heterocycles. The number of nitrogens with one attached hydrogen (secondary N) is 2. The number of pyridine rings is 1. The summed E-state index contributed by atoms with van der Waals surface area (Å²) in [7, 11) is 0. The molecule has 0 atom stereocenters. The summed E-state index contributed by atoms with van der Waals surface area (Å²) in [5, 5.41) is 11.9. The molecule has 1 heterocycles. The fraction of sp³-hybridized carbons (Fsp3) is 0.0476. The zero-order valence-corrected chi connectivity index (χ0v) is 14.1. The first-order valence-electron chi connectivity index (χ1n) is 8.21. The van der Waals surface area contributed by atoms with Gasteiger partial charge >= 0.3 is 0 Å². The van der Waals surface area contributed by atoms with Crippen molar-refractivity contribution in [2.45, 2.75) is 6.54 Å². The number of amides is 1. The van der Waals surface area contributed by atoms with E-state index < -0.39 is 5.91 Å². The van der Waals surface area contributed by atoms with Gasteiger partial charge in [-0.3, -0.25) is 15.0 Å². The predicted molar refractivity (Wildman–Crippen MR) is 102 cm³/mol. The van der Waals surface area contributed by atoms with E-state index in [4.69, 9.17) is 5.21 Å². The third-order valence-corrected chi connectivity index (χ3v) is 3.88. The molecule has 2 aromatic carbocycles. The van der Waals surface area contributed by atoms with Gasteiger partial charge in [0.15, 0.2) is 0 Å². The first-order chi connectivity index (χ1) is 12.8. The van der Waals surface area contributed by atoms with E-state index in [2.05, 4.69) is 34.6 Å². The van der Waals surface area contributed by atoms with Crippen LogP contribution in [0.25, 0.3) is 17.3 Å². The average Bonchev–Trinajstić information content (AvgIpc) is 2.72. The molecule has 3 N–H and O–H groups in total. The number of benzene rings is 2. The molecule has 0 fully saturated rings. The van der Waals surface area contributed by atoms with E-state index >= 15 is 0 Å². The van der Waals surface area contributed by atoms with Crippen molar-refractivity contribution in [1.82, 2.24) is 10.5 Å². The molecular formula is C21H19N3O2. The first-order valence-corrected chi connectivity index (χ1v) is 8.21. The number of anilines is 1. The molecule has 0 aliphatic carbocycles. The Bertz CT molecular complexity index is 891. The van der Waals surface area contributed by atoms with Gasteiger partial charge in [-0.25, -0.2) is 5.48 Å². The maximum atomic E-state index is 11.2. The maximum Gasteiger partial charge on any atom is 0.267 e. The summed E-state index contributed by atoms with van der Waals surface area (Å²) in [6, 6.07) is 21.7. The standard InChI is InChI=1S/C21H19N3O2/c25-21(24-26)13-12-17-5-1-2-6-20(17)23-15-16-8-10-18(11-9-16)19-7-3-4-14-22-19/h1-14,23,26H,15H2,(H,24,25)/b13-12+. The largest absolute Gasteiger partial charge is 0.380 e. The van der Waals surface area contributed by atoms with Crippen molar-refractivity contribution in [2.75, 3.05) is 5.32 Å². The minimum Gasteiger partial charge on any atom is -0.380 e. The molecule has 0 spiro atoms. The third kappa shape index (κ3) is 4.55. The van der Waals surface area contributed by atoms with E-state index in [1.165, 1.54) is 6.08 Å². The molecular weight excluding hydrogens is 326 g/mol. The number of aromatic nitrogens is 1.